The molecule has 3 nitrogen and oxygen atoms in total. The average molecular weight is 348 g/mol. The molecule has 0 atom stereocenters. The van der Waals surface area contributed by atoms with Gasteiger partial charge in [0.2, 0.25) is 8.32 Å². The van der Waals surface area contributed by atoms with E-state index >= 15 is 0 Å². The summed E-state index contributed by atoms with van der Waals surface area (Å²) in [5.74, 6) is 0. The van der Waals surface area contributed by atoms with Crippen molar-refractivity contribution in [2.75, 3.05) is 6.61 Å². The van der Waals surface area contributed by atoms with Crippen molar-refractivity contribution in [2.24, 2.45) is 5.41 Å². The molecule has 0 N–H and O–H groups in total. The minimum atomic E-state index is -1.88. The number of benzene rings is 1. The molecule has 0 spiro atoms. The van der Waals surface area contributed by atoms with Crippen molar-refractivity contribution in [1.29, 1.82) is 0 Å². The van der Waals surface area contributed by atoms with E-state index < -0.39 is 8.32 Å². The van der Waals surface area contributed by atoms with Crippen LogP contribution in [0.3, 0.4) is 0 Å². The van der Waals surface area contributed by atoms with Crippen LogP contribution in [0.5, 0.6) is 0 Å². The average Bonchev–Trinajstić information content (AvgIpc) is 2.64. The van der Waals surface area contributed by atoms with E-state index in [0.717, 1.165) is 6.32 Å². The maximum Gasteiger partial charge on any atom is 0.458 e. The predicted molar refractivity (Wildman–Crippen MR) is 104 cm³/mol. The molecule has 1 saturated heterocycles. The summed E-state index contributed by atoms with van der Waals surface area (Å²) in [6.07, 6.45) is 0.832. The fourth-order valence-corrected chi connectivity index (χ4v) is 4.77. The van der Waals surface area contributed by atoms with E-state index in [1.807, 2.05) is 0 Å². The van der Waals surface area contributed by atoms with Gasteiger partial charge in [0, 0.05) is 6.61 Å². The Morgan fingerprint density at radius 1 is 1.00 bits per heavy atom. The normalized spacial score (nSPS) is 20.4. The summed E-state index contributed by atoms with van der Waals surface area (Å²) in [4.78, 5) is 0. The molecule has 2 rings (SSSR count). The number of rotatable bonds is 6. The summed E-state index contributed by atoms with van der Waals surface area (Å²) in [6, 6.07) is 10.6. The first-order valence-corrected chi connectivity index (χ1v) is 11.8. The zero-order valence-corrected chi connectivity index (χ0v) is 17.6. The summed E-state index contributed by atoms with van der Waals surface area (Å²) < 4.78 is 18.7. The van der Waals surface area contributed by atoms with Gasteiger partial charge in [-0.1, -0.05) is 44.2 Å². The Morgan fingerprint density at radius 2 is 1.50 bits per heavy atom. The van der Waals surface area contributed by atoms with Gasteiger partial charge in [-0.25, -0.2) is 0 Å². The van der Waals surface area contributed by atoms with Gasteiger partial charge in [-0.2, -0.15) is 0 Å². The summed E-state index contributed by atoms with van der Waals surface area (Å²) >= 11 is 0. The molecule has 134 valence electrons. The van der Waals surface area contributed by atoms with Crippen molar-refractivity contribution in [3.8, 4) is 0 Å². The molecule has 24 heavy (non-hydrogen) atoms. The second-order valence-electron chi connectivity index (χ2n) is 9.22. The monoisotopic (exact) mass is 348 g/mol. The summed E-state index contributed by atoms with van der Waals surface area (Å²) in [5.41, 5.74) is -0.542. The quantitative estimate of drug-likeness (QED) is 0.720. The molecular weight excluding hydrogens is 315 g/mol. The molecule has 1 aliphatic rings. The fourth-order valence-electron chi connectivity index (χ4n) is 2.86. The van der Waals surface area contributed by atoms with Gasteiger partial charge in [-0.05, 0) is 57.7 Å². The van der Waals surface area contributed by atoms with Crippen LogP contribution in [0.1, 0.15) is 41.5 Å². The van der Waals surface area contributed by atoms with Gasteiger partial charge in [-0.3, -0.25) is 0 Å². The lowest BCUT2D eigenvalue weighted by atomic mass is 9.70. The zero-order valence-electron chi connectivity index (χ0n) is 16.6. The van der Waals surface area contributed by atoms with Gasteiger partial charge in [0.05, 0.1) is 11.2 Å². The molecule has 1 aromatic carbocycles. The highest BCUT2D eigenvalue weighted by atomic mass is 28.4. The number of hydrogen-bond acceptors (Lipinski definition) is 3. The first-order chi connectivity index (χ1) is 10.8. The molecule has 1 aromatic rings. The molecule has 5 heteroatoms. The Balaban J connectivity index is 1.95. The minimum absolute atomic E-state index is 0.000215. The van der Waals surface area contributed by atoms with Gasteiger partial charge < -0.3 is 13.7 Å². The maximum atomic E-state index is 6.42. The van der Waals surface area contributed by atoms with Crippen LogP contribution in [0, 0.1) is 5.41 Å². The molecule has 0 amide bonds. The van der Waals surface area contributed by atoms with Gasteiger partial charge >= 0.3 is 7.12 Å². The second-order valence-corrected chi connectivity index (χ2v) is 13.1. The third-order valence-corrected chi connectivity index (χ3v) is 7.90. The highest BCUT2D eigenvalue weighted by molar-refractivity contribution is 6.84. The van der Waals surface area contributed by atoms with Crippen LogP contribution in [-0.2, 0) is 13.7 Å². The fraction of sp³-hybridized carbons (Fsp3) is 0.684. The van der Waals surface area contributed by atoms with Crippen LogP contribution < -0.4 is 5.19 Å². The standard InChI is InChI=1S/C19H33BO3Si/c1-17(2,14-20-22-18(3,4)19(5,6)23-20)15-21-24(7,8)16-12-10-9-11-13-16/h9-13H,14-15H2,1-8H3. The lowest BCUT2D eigenvalue weighted by molar-refractivity contribution is 0.00578. The minimum Gasteiger partial charge on any atom is -0.412 e. The highest BCUT2D eigenvalue weighted by Crippen LogP contribution is 2.40. The van der Waals surface area contributed by atoms with E-state index in [-0.39, 0.29) is 23.7 Å². The van der Waals surface area contributed by atoms with Crippen LogP contribution in [-0.4, -0.2) is 33.2 Å². The van der Waals surface area contributed by atoms with Gasteiger partial charge in [0.15, 0.2) is 0 Å². The zero-order chi connectivity index (χ0) is 18.2. The summed E-state index contributed by atoms with van der Waals surface area (Å²) in [6.45, 7) is 18.1. The Morgan fingerprint density at radius 3 is 2.00 bits per heavy atom. The summed E-state index contributed by atoms with van der Waals surface area (Å²) in [5, 5.41) is 1.33. The van der Waals surface area contributed by atoms with Crippen LogP contribution in [0.25, 0.3) is 0 Å². The van der Waals surface area contributed by atoms with Crippen molar-refractivity contribution in [3.63, 3.8) is 0 Å². The maximum absolute atomic E-state index is 6.42. The highest BCUT2D eigenvalue weighted by Gasteiger charge is 2.52. The molecule has 0 saturated carbocycles. The largest absolute Gasteiger partial charge is 0.458 e. The molecule has 1 fully saturated rings. The van der Waals surface area contributed by atoms with Gasteiger partial charge in [-0.15, -0.1) is 0 Å². The first kappa shape index (κ1) is 19.7. The van der Waals surface area contributed by atoms with E-state index in [1.165, 1.54) is 5.19 Å². The topological polar surface area (TPSA) is 27.7 Å². The third kappa shape index (κ3) is 4.51. The van der Waals surface area contributed by atoms with E-state index in [0.29, 0.717) is 6.61 Å². The molecule has 0 radical (unpaired) electrons. The molecule has 0 aliphatic carbocycles. The summed E-state index contributed by atoms with van der Waals surface area (Å²) in [7, 11) is -2.05. The second kappa shape index (κ2) is 6.60. The van der Waals surface area contributed by atoms with Gasteiger partial charge in [0.25, 0.3) is 0 Å². The third-order valence-electron chi connectivity index (χ3n) is 5.31. The molecule has 0 unspecified atom stereocenters. The molecular formula is C19H33BO3Si. The molecule has 0 aromatic heterocycles. The Hall–Kier alpha value is -0.618. The molecule has 1 aliphatic heterocycles. The van der Waals surface area contributed by atoms with E-state index in [1.54, 1.807) is 0 Å². The van der Waals surface area contributed by atoms with Crippen molar-refractivity contribution >= 4 is 20.6 Å². The Labute approximate surface area is 149 Å². The Kier molecular flexibility index (Phi) is 5.42. The van der Waals surface area contributed by atoms with Crippen LogP contribution >= 0.6 is 0 Å². The van der Waals surface area contributed by atoms with Crippen molar-refractivity contribution in [3.05, 3.63) is 30.3 Å². The first-order valence-electron chi connectivity index (χ1n) is 8.90. The van der Waals surface area contributed by atoms with Crippen molar-refractivity contribution in [1.82, 2.24) is 0 Å². The number of hydrogen-bond donors (Lipinski definition) is 0. The van der Waals surface area contributed by atoms with Crippen LogP contribution in [0.4, 0.5) is 0 Å². The molecule has 0 bridgehead atoms. The van der Waals surface area contributed by atoms with Crippen LogP contribution in [0.2, 0.25) is 19.4 Å². The van der Waals surface area contributed by atoms with Crippen molar-refractivity contribution < 1.29 is 13.7 Å². The lowest BCUT2D eigenvalue weighted by Gasteiger charge is -2.32. The molecule has 1 heterocycles. The SMILES string of the molecule is CC(C)(CO[Si](C)(C)c1ccccc1)CB1OC(C)(C)C(C)(C)O1. The predicted octanol–water partition coefficient (Wildman–Crippen LogP) is 4.23. The smallest absolute Gasteiger partial charge is 0.412 e. The Bertz CT molecular complexity index is 539. The van der Waals surface area contributed by atoms with E-state index in [4.69, 9.17) is 13.7 Å². The van der Waals surface area contributed by atoms with E-state index in [2.05, 4.69) is 85.0 Å². The van der Waals surface area contributed by atoms with E-state index in [9.17, 15) is 0 Å². The van der Waals surface area contributed by atoms with Crippen LogP contribution in [0.15, 0.2) is 30.3 Å². The van der Waals surface area contributed by atoms with Crippen molar-refractivity contribution in [2.45, 2.75) is 72.2 Å². The lowest BCUT2D eigenvalue weighted by Crippen LogP contribution is -2.47. The van der Waals surface area contributed by atoms with Gasteiger partial charge in [0.1, 0.15) is 0 Å².